The van der Waals surface area contributed by atoms with Crippen LogP contribution in [-0.2, 0) is 22.6 Å². The van der Waals surface area contributed by atoms with Gasteiger partial charge in [0.25, 0.3) is 0 Å². The lowest BCUT2D eigenvalue weighted by Gasteiger charge is -2.16. The van der Waals surface area contributed by atoms with Crippen molar-refractivity contribution in [3.05, 3.63) is 46.7 Å². The van der Waals surface area contributed by atoms with Crippen molar-refractivity contribution < 1.29 is 14.7 Å². The van der Waals surface area contributed by atoms with Gasteiger partial charge >= 0.3 is 5.97 Å². The number of imidazole rings is 1. The Kier molecular flexibility index (Phi) is 7.53. The Morgan fingerprint density at radius 2 is 2.12 bits per heavy atom. The molecule has 2 aromatic rings. The number of aliphatic carboxylic acids is 1. The van der Waals surface area contributed by atoms with Crippen molar-refractivity contribution in [3.63, 3.8) is 0 Å². The van der Waals surface area contributed by atoms with Crippen molar-refractivity contribution in [1.29, 1.82) is 0 Å². The number of nitrogens with zero attached hydrogens (tertiary/aromatic N) is 2. The molecule has 0 spiro atoms. The van der Waals surface area contributed by atoms with Crippen LogP contribution in [0.25, 0.3) is 0 Å². The van der Waals surface area contributed by atoms with Crippen molar-refractivity contribution >= 4 is 35.2 Å². The molecular weight excluding hydrogens is 374 g/mol. The van der Waals surface area contributed by atoms with E-state index < -0.39 is 12.0 Å². The highest BCUT2D eigenvalue weighted by atomic mass is 35.5. The molecule has 1 aromatic heterocycles. The minimum Gasteiger partial charge on any atom is -0.480 e. The summed E-state index contributed by atoms with van der Waals surface area (Å²) in [6.45, 7) is 3.89. The van der Waals surface area contributed by atoms with Crippen molar-refractivity contribution in [2.45, 2.75) is 44.4 Å². The summed E-state index contributed by atoms with van der Waals surface area (Å²) < 4.78 is 1.97. The SMILES string of the molecule is CCCSc1ncc(CC(NC(C)=O)C(=O)O)n1Cc1ccccc1Cl. The normalized spacial score (nSPS) is 12.0. The van der Waals surface area contributed by atoms with Gasteiger partial charge in [0.15, 0.2) is 5.16 Å². The molecule has 2 rings (SSSR count). The first kappa shape index (κ1) is 20.3. The predicted molar refractivity (Wildman–Crippen MR) is 103 cm³/mol. The average Bonchev–Trinajstić information content (AvgIpc) is 2.95. The van der Waals surface area contributed by atoms with Crippen LogP contribution < -0.4 is 5.32 Å². The summed E-state index contributed by atoms with van der Waals surface area (Å²) in [7, 11) is 0. The summed E-state index contributed by atoms with van der Waals surface area (Å²) in [5.74, 6) is -0.545. The molecule has 0 saturated heterocycles. The maximum absolute atomic E-state index is 11.5. The average molecular weight is 396 g/mol. The molecule has 1 unspecified atom stereocenters. The molecule has 0 aliphatic rings. The van der Waals surface area contributed by atoms with Gasteiger partial charge in [0, 0.05) is 36.0 Å². The monoisotopic (exact) mass is 395 g/mol. The smallest absolute Gasteiger partial charge is 0.326 e. The van der Waals surface area contributed by atoms with Crippen LogP contribution in [0.4, 0.5) is 0 Å². The van der Waals surface area contributed by atoms with Crippen LogP contribution in [-0.4, -0.2) is 38.3 Å². The fourth-order valence-corrected chi connectivity index (χ4v) is 3.53. The van der Waals surface area contributed by atoms with Crippen LogP contribution in [0.2, 0.25) is 5.02 Å². The molecule has 8 heteroatoms. The molecule has 1 atom stereocenters. The van der Waals surface area contributed by atoms with Crippen molar-refractivity contribution in [2.24, 2.45) is 0 Å². The summed E-state index contributed by atoms with van der Waals surface area (Å²) in [6, 6.07) is 6.53. The van der Waals surface area contributed by atoms with E-state index in [2.05, 4.69) is 17.2 Å². The second kappa shape index (κ2) is 9.64. The molecule has 0 aliphatic carbocycles. The number of aromatic nitrogens is 2. The van der Waals surface area contributed by atoms with E-state index in [4.69, 9.17) is 11.6 Å². The number of thioether (sulfide) groups is 1. The molecular formula is C18H22ClN3O3S. The first-order valence-electron chi connectivity index (χ1n) is 8.32. The van der Waals surface area contributed by atoms with Crippen LogP contribution in [0.5, 0.6) is 0 Å². The molecule has 0 fully saturated rings. The van der Waals surface area contributed by atoms with Gasteiger partial charge in [0.1, 0.15) is 6.04 Å². The molecule has 1 aromatic carbocycles. The van der Waals surface area contributed by atoms with E-state index in [0.717, 1.165) is 28.6 Å². The van der Waals surface area contributed by atoms with Gasteiger partial charge < -0.3 is 15.0 Å². The molecule has 1 amide bonds. The fraction of sp³-hybridized carbons (Fsp3) is 0.389. The van der Waals surface area contributed by atoms with Gasteiger partial charge in [-0.3, -0.25) is 4.79 Å². The number of carboxylic acids is 1. The van der Waals surface area contributed by atoms with Crippen LogP contribution in [0.1, 0.15) is 31.5 Å². The zero-order valence-electron chi connectivity index (χ0n) is 14.7. The number of nitrogens with one attached hydrogen (secondary N) is 1. The number of carbonyl (C=O) groups excluding carboxylic acids is 1. The van der Waals surface area contributed by atoms with Gasteiger partial charge in [-0.1, -0.05) is 48.5 Å². The third-order valence-corrected chi connectivity index (χ3v) is 5.28. The highest BCUT2D eigenvalue weighted by molar-refractivity contribution is 7.99. The highest BCUT2D eigenvalue weighted by Gasteiger charge is 2.22. The maximum atomic E-state index is 11.5. The number of halogens is 1. The minimum atomic E-state index is -1.08. The van der Waals surface area contributed by atoms with Gasteiger partial charge in [-0.25, -0.2) is 9.78 Å². The number of amides is 1. The first-order valence-corrected chi connectivity index (χ1v) is 9.69. The number of rotatable bonds is 9. The van der Waals surface area contributed by atoms with E-state index in [9.17, 15) is 14.7 Å². The van der Waals surface area contributed by atoms with Gasteiger partial charge in [-0.05, 0) is 18.1 Å². The van der Waals surface area contributed by atoms with Crippen LogP contribution in [0.3, 0.4) is 0 Å². The third-order valence-electron chi connectivity index (χ3n) is 3.71. The van der Waals surface area contributed by atoms with Crippen molar-refractivity contribution in [1.82, 2.24) is 14.9 Å². The van der Waals surface area contributed by atoms with E-state index in [1.807, 2.05) is 28.8 Å². The summed E-state index contributed by atoms with van der Waals surface area (Å²) >= 11 is 7.90. The Morgan fingerprint density at radius 1 is 1.38 bits per heavy atom. The van der Waals surface area contributed by atoms with Gasteiger partial charge in [-0.15, -0.1) is 0 Å². The zero-order chi connectivity index (χ0) is 19.1. The Bertz CT molecular complexity index is 779. The Labute approximate surface area is 162 Å². The van der Waals surface area contributed by atoms with E-state index in [1.54, 1.807) is 18.0 Å². The summed E-state index contributed by atoms with van der Waals surface area (Å²) in [6.07, 6.45) is 2.83. The predicted octanol–water partition coefficient (Wildman–Crippen LogP) is 3.22. The quantitative estimate of drug-likeness (QED) is 0.637. The summed E-state index contributed by atoms with van der Waals surface area (Å²) in [5.41, 5.74) is 1.67. The summed E-state index contributed by atoms with van der Waals surface area (Å²) in [4.78, 5) is 27.2. The third kappa shape index (κ3) is 5.51. The van der Waals surface area contributed by atoms with Crippen LogP contribution in [0.15, 0.2) is 35.6 Å². The molecule has 2 N–H and O–H groups in total. The van der Waals surface area contributed by atoms with E-state index in [0.29, 0.717) is 11.6 Å². The van der Waals surface area contributed by atoms with E-state index >= 15 is 0 Å². The lowest BCUT2D eigenvalue weighted by Crippen LogP contribution is -2.41. The second-order valence-corrected chi connectivity index (χ2v) is 7.32. The van der Waals surface area contributed by atoms with Crippen molar-refractivity contribution in [3.8, 4) is 0 Å². The van der Waals surface area contributed by atoms with Crippen LogP contribution >= 0.6 is 23.4 Å². The molecule has 1 heterocycles. The molecule has 0 aliphatic heterocycles. The molecule has 6 nitrogen and oxygen atoms in total. The largest absolute Gasteiger partial charge is 0.480 e. The molecule has 0 bridgehead atoms. The van der Waals surface area contributed by atoms with Crippen molar-refractivity contribution in [2.75, 3.05) is 5.75 Å². The minimum absolute atomic E-state index is 0.152. The van der Waals surface area contributed by atoms with E-state index in [1.165, 1.54) is 6.92 Å². The van der Waals surface area contributed by atoms with Crippen LogP contribution in [0, 0.1) is 0 Å². The van der Waals surface area contributed by atoms with Gasteiger partial charge in [0.05, 0.1) is 6.54 Å². The van der Waals surface area contributed by atoms with E-state index in [-0.39, 0.29) is 12.3 Å². The molecule has 0 radical (unpaired) electrons. The van der Waals surface area contributed by atoms with Gasteiger partial charge in [-0.2, -0.15) is 0 Å². The second-order valence-electron chi connectivity index (χ2n) is 5.85. The number of hydrogen-bond donors (Lipinski definition) is 2. The molecule has 26 heavy (non-hydrogen) atoms. The summed E-state index contributed by atoms with van der Waals surface area (Å²) in [5, 5.41) is 13.3. The first-order chi connectivity index (χ1) is 12.4. The maximum Gasteiger partial charge on any atom is 0.326 e. The standard InChI is InChI=1S/C18H22ClN3O3S/c1-3-8-26-18-20-10-14(9-16(17(24)25)21-12(2)23)22(18)11-13-6-4-5-7-15(13)19/h4-7,10,16H,3,8-9,11H2,1-2H3,(H,21,23)(H,24,25). The lowest BCUT2D eigenvalue weighted by molar-refractivity contribution is -0.141. The topological polar surface area (TPSA) is 84.2 Å². The fourth-order valence-electron chi connectivity index (χ4n) is 2.48. The molecule has 0 saturated carbocycles. The zero-order valence-corrected chi connectivity index (χ0v) is 16.3. The van der Waals surface area contributed by atoms with Gasteiger partial charge in [0.2, 0.25) is 5.91 Å². The number of carboxylic acid groups (broad SMARTS) is 1. The Morgan fingerprint density at radius 3 is 2.73 bits per heavy atom. The Balaban J connectivity index is 2.33. The number of carbonyl (C=O) groups is 2. The number of hydrogen-bond acceptors (Lipinski definition) is 4. The number of benzene rings is 1. The Hall–Kier alpha value is -1.99. The highest BCUT2D eigenvalue weighted by Crippen LogP contribution is 2.24. The lowest BCUT2D eigenvalue weighted by atomic mass is 10.1. The molecule has 140 valence electrons.